The fraction of sp³-hybridized carbons (Fsp3) is 0.595. The molecule has 48 heavy (non-hydrogen) atoms. The second-order valence-corrected chi connectivity index (χ2v) is 13.7. The molecule has 0 aromatic heterocycles. The van der Waals surface area contributed by atoms with Gasteiger partial charge in [0.1, 0.15) is 30.1 Å². The lowest BCUT2D eigenvalue weighted by molar-refractivity contribution is -0.121. The Balaban J connectivity index is 2.07. The van der Waals surface area contributed by atoms with Gasteiger partial charge in [-0.2, -0.15) is 0 Å². The first kappa shape index (κ1) is 38.9. The Bertz CT molecular complexity index is 1370. The van der Waals surface area contributed by atoms with Crippen LogP contribution in [0.25, 0.3) is 0 Å². The number of benzene rings is 2. The van der Waals surface area contributed by atoms with Crippen molar-refractivity contribution in [1.29, 1.82) is 0 Å². The third kappa shape index (κ3) is 11.0. The average molecular weight is 674 g/mol. The number of likely N-dealkylation sites (tertiary alicyclic amines) is 1. The summed E-state index contributed by atoms with van der Waals surface area (Å²) in [6, 6.07) is 6.60. The molecule has 0 radical (unpaired) electrons. The first-order valence-corrected chi connectivity index (χ1v) is 17.0. The zero-order valence-electron chi connectivity index (χ0n) is 29.7. The van der Waals surface area contributed by atoms with Crippen LogP contribution in [0.2, 0.25) is 0 Å². The molecule has 2 aromatic carbocycles. The number of amides is 3. The highest BCUT2D eigenvalue weighted by atomic mass is 19.1. The molecule has 0 unspecified atom stereocenters. The molecular formula is C37H53F2N3O6. The smallest absolute Gasteiger partial charge is 0.410 e. The lowest BCUT2D eigenvalue weighted by Gasteiger charge is -2.46. The van der Waals surface area contributed by atoms with Crippen LogP contribution in [0.3, 0.4) is 0 Å². The third-order valence-electron chi connectivity index (χ3n) is 8.27. The molecule has 1 fully saturated rings. The number of piperidine rings is 1. The number of methoxy groups -OCH3 is 1. The minimum Gasteiger partial charge on any atom is -0.444 e. The molecule has 1 aliphatic rings. The molecule has 1 saturated heterocycles. The van der Waals surface area contributed by atoms with E-state index < -0.39 is 47.4 Å². The molecule has 1 N–H and O–H groups in total. The third-order valence-corrected chi connectivity index (χ3v) is 8.27. The number of carbonyl (C=O) groups excluding carboxylic acids is 3. The van der Waals surface area contributed by atoms with Crippen LogP contribution in [0.5, 0.6) is 0 Å². The minimum atomic E-state index is -0.870. The molecule has 1 aliphatic heterocycles. The summed E-state index contributed by atoms with van der Waals surface area (Å²) in [7, 11) is 1.47. The van der Waals surface area contributed by atoms with E-state index in [-0.39, 0.29) is 30.7 Å². The first-order chi connectivity index (χ1) is 22.7. The summed E-state index contributed by atoms with van der Waals surface area (Å²) in [6.07, 6.45) is 2.28. The zero-order valence-corrected chi connectivity index (χ0v) is 29.7. The summed E-state index contributed by atoms with van der Waals surface area (Å²) in [4.78, 5) is 44.6. The summed E-state index contributed by atoms with van der Waals surface area (Å²) in [5.41, 5.74) is 0.931. The van der Waals surface area contributed by atoms with Crippen LogP contribution in [0.1, 0.15) is 105 Å². The van der Waals surface area contributed by atoms with Crippen molar-refractivity contribution in [3.63, 3.8) is 0 Å². The highest BCUT2D eigenvalue weighted by Crippen LogP contribution is 2.31. The molecule has 4 atom stereocenters. The summed E-state index contributed by atoms with van der Waals surface area (Å²) in [5, 5.41) is 3.05. The number of hydrogen-bond donors (Lipinski definition) is 1. The summed E-state index contributed by atoms with van der Waals surface area (Å²) < 4.78 is 46.1. The average Bonchev–Trinajstić information content (AvgIpc) is 2.99. The van der Waals surface area contributed by atoms with Crippen LogP contribution in [0, 0.1) is 18.6 Å². The fourth-order valence-electron chi connectivity index (χ4n) is 6.38. The van der Waals surface area contributed by atoms with Crippen molar-refractivity contribution in [2.45, 2.75) is 117 Å². The maximum atomic E-state index is 14.4. The van der Waals surface area contributed by atoms with E-state index in [1.165, 1.54) is 19.2 Å². The molecule has 0 spiro atoms. The van der Waals surface area contributed by atoms with Crippen molar-refractivity contribution in [2.75, 3.05) is 27.0 Å². The number of nitrogens with zero attached hydrogens (tertiary/aromatic N) is 2. The number of aryl methyl sites for hydroxylation is 1. The van der Waals surface area contributed by atoms with Crippen LogP contribution in [0.15, 0.2) is 36.4 Å². The number of halogens is 2. The first-order valence-electron chi connectivity index (χ1n) is 17.0. The highest BCUT2D eigenvalue weighted by Gasteiger charge is 2.43. The summed E-state index contributed by atoms with van der Waals surface area (Å²) >= 11 is 0. The van der Waals surface area contributed by atoms with E-state index in [0.717, 1.165) is 37.3 Å². The molecule has 0 saturated carbocycles. The molecule has 0 bridgehead atoms. The number of nitrogens with one attached hydrogen (secondary N) is 1. The monoisotopic (exact) mass is 673 g/mol. The summed E-state index contributed by atoms with van der Waals surface area (Å²) in [6.45, 7) is 14.2. The fourth-order valence-corrected chi connectivity index (χ4v) is 6.38. The minimum absolute atomic E-state index is 0.0137. The molecule has 9 nitrogen and oxygen atoms in total. The Morgan fingerprint density at radius 2 is 1.60 bits per heavy atom. The maximum absolute atomic E-state index is 14.4. The van der Waals surface area contributed by atoms with E-state index in [1.54, 1.807) is 48.8 Å². The standard InChI is InChI=1S/C37H53F2N3O6/c1-9-14-41(15-10-2)35(44)28-17-24(3)16-27(21-28)34(43)40-31(20-26-18-29(38)22-30(39)19-26)33(47-23-46-8)32-13-11-12-25(4)42(32)36(45)48-37(5,6)7/h16-19,21-22,25,31-33H,9-15,20,23H2,1-8H3,(H,40,43)/t25-,31-,32+,33-/m0/s1. The lowest BCUT2D eigenvalue weighted by atomic mass is 9.87. The van der Waals surface area contributed by atoms with Gasteiger partial charge in [-0.1, -0.05) is 13.8 Å². The molecule has 1 heterocycles. The van der Waals surface area contributed by atoms with Crippen molar-refractivity contribution < 1.29 is 37.4 Å². The molecule has 0 aliphatic carbocycles. The molecule has 2 aromatic rings. The predicted octanol–water partition coefficient (Wildman–Crippen LogP) is 7.04. The van der Waals surface area contributed by atoms with E-state index in [4.69, 9.17) is 14.2 Å². The van der Waals surface area contributed by atoms with Gasteiger partial charge < -0.3 is 24.4 Å². The van der Waals surface area contributed by atoms with Gasteiger partial charge in [0, 0.05) is 43.4 Å². The van der Waals surface area contributed by atoms with Crippen molar-refractivity contribution in [3.05, 3.63) is 70.3 Å². The number of ether oxygens (including phenoxy) is 3. The Labute approximate surface area is 284 Å². The van der Waals surface area contributed by atoms with Crippen LogP contribution in [0.4, 0.5) is 13.6 Å². The van der Waals surface area contributed by atoms with Gasteiger partial charge in [0.15, 0.2) is 0 Å². The van der Waals surface area contributed by atoms with Crippen molar-refractivity contribution in [2.24, 2.45) is 0 Å². The largest absolute Gasteiger partial charge is 0.444 e. The van der Waals surface area contributed by atoms with Gasteiger partial charge in [-0.15, -0.1) is 0 Å². The predicted molar refractivity (Wildman–Crippen MR) is 181 cm³/mol. The van der Waals surface area contributed by atoms with E-state index in [1.807, 2.05) is 27.7 Å². The molecule has 266 valence electrons. The van der Waals surface area contributed by atoms with E-state index in [9.17, 15) is 23.2 Å². The Kier molecular flexibility index (Phi) is 14.3. The summed E-state index contributed by atoms with van der Waals surface area (Å²) in [5.74, 6) is -2.16. The SMILES string of the molecule is CCCN(CCC)C(=O)c1cc(C)cc(C(=O)N[C@@H](Cc2cc(F)cc(F)c2)[C@H](OCOC)[C@H]2CCC[C@H](C)N2C(=O)OC(C)(C)C)c1. The van der Waals surface area contributed by atoms with Crippen molar-refractivity contribution in [3.8, 4) is 0 Å². The van der Waals surface area contributed by atoms with Crippen LogP contribution in [-0.4, -0.2) is 84.5 Å². The van der Waals surface area contributed by atoms with Crippen molar-refractivity contribution in [1.82, 2.24) is 15.1 Å². The van der Waals surface area contributed by atoms with Crippen molar-refractivity contribution >= 4 is 17.9 Å². The van der Waals surface area contributed by atoms with E-state index >= 15 is 0 Å². The molecule has 11 heteroatoms. The Hall–Kier alpha value is -3.57. The van der Waals surface area contributed by atoms with Crippen LogP contribution in [-0.2, 0) is 20.6 Å². The molecular weight excluding hydrogens is 620 g/mol. The topological polar surface area (TPSA) is 97.4 Å². The second kappa shape index (κ2) is 17.7. The van der Waals surface area contributed by atoms with Crippen LogP contribution >= 0.6 is 0 Å². The van der Waals surface area contributed by atoms with Gasteiger partial charge in [-0.25, -0.2) is 13.6 Å². The van der Waals surface area contributed by atoms with Gasteiger partial charge in [0.25, 0.3) is 11.8 Å². The zero-order chi connectivity index (χ0) is 35.6. The Morgan fingerprint density at radius 1 is 0.979 bits per heavy atom. The van der Waals surface area contributed by atoms with E-state index in [2.05, 4.69) is 5.32 Å². The van der Waals surface area contributed by atoms with Gasteiger partial charge >= 0.3 is 6.09 Å². The van der Waals surface area contributed by atoms with E-state index in [0.29, 0.717) is 30.6 Å². The maximum Gasteiger partial charge on any atom is 0.410 e. The highest BCUT2D eigenvalue weighted by molar-refractivity contribution is 6.00. The number of carbonyl (C=O) groups is 3. The normalized spacial score (nSPS) is 17.8. The van der Waals surface area contributed by atoms with Gasteiger partial charge in [0.05, 0.1) is 12.1 Å². The van der Waals surface area contributed by atoms with Gasteiger partial charge in [-0.05, 0) is 115 Å². The van der Waals surface area contributed by atoms with Gasteiger partial charge in [-0.3, -0.25) is 14.5 Å². The Morgan fingerprint density at radius 3 is 2.19 bits per heavy atom. The number of rotatable bonds is 14. The molecule has 3 amide bonds. The van der Waals surface area contributed by atoms with Gasteiger partial charge in [0.2, 0.25) is 0 Å². The lowest BCUT2D eigenvalue weighted by Crippen LogP contribution is -2.61. The molecule has 3 rings (SSSR count). The van der Waals surface area contributed by atoms with Crippen LogP contribution < -0.4 is 5.32 Å². The second-order valence-electron chi connectivity index (χ2n) is 13.7. The quantitative estimate of drug-likeness (QED) is 0.216. The number of hydrogen-bond acceptors (Lipinski definition) is 6.